The molecule has 0 aromatic heterocycles. The van der Waals surface area contributed by atoms with Crippen LogP contribution in [0.2, 0.25) is 0 Å². The van der Waals surface area contributed by atoms with E-state index in [1.54, 1.807) is 29.2 Å². The highest BCUT2D eigenvalue weighted by Gasteiger charge is 2.28. The molecule has 3 aromatic carbocycles. The quantitative estimate of drug-likeness (QED) is 0.495. The number of likely N-dealkylation sites (tertiary alicyclic amines) is 1. The molecule has 8 nitrogen and oxygen atoms in total. The molecular formula is C27H26FN3O5S. The molecule has 2 aliphatic rings. The van der Waals surface area contributed by atoms with Gasteiger partial charge in [-0.1, -0.05) is 24.3 Å². The van der Waals surface area contributed by atoms with Crippen LogP contribution in [0.15, 0.2) is 60.7 Å². The minimum absolute atomic E-state index is 0.00474. The van der Waals surface area contributed by atoms with Crippen molar-refractivity contribution in [2.75, 3.05) is 35.5 Å². The Labute approximate surface area is 214 Å². The zero-order valence-corrected chi connectivity index (χ0v) is 21.0. The van der Waals surface area contributed by atoms with Crippen LogP contribution < -0.4 is 9.62 Å². The number of halogens is 1. The van der Waals surface area contributed by atoms with Crippen LogP contribution in [0, 0.1) is 0 Å². The molecular weight excluding hydrogens is 497 g/mol. The molecule has 2 heterocycles. The van der Waals surface area contributed by atoms with Crippen molar-refractivity contribution < 1.29 is 27.5 Å². The maximum absolute atomic E-state index is 13.5. The van der Waals surface area contributed by atoms with E-state index in [1.807, 2.05) is 24.3 Å². The number of amides is 2. The highest BCUT2D eigenvalue weighted by molar-refractivity contribution is 7.92. The number of carbonyl (C=O) groups is 2. The topological polar surface area (TPSA) is 107 Å². The van der Waals surface area contributed by atoms with Gasteiger partial charge in [0.15, 0.2) is 0 Å². The normalized spacial score (nSPS) is 17.6. The van der Waals surface area contributed by atoms with Gasteiger partial charge in [0.2, 0.25) is 10.0 Å². The SMILES string of the molecule is CS(=O)(=O)Nc1cc(N2CCc3cc(-c4ccc(C(=O)N5CCC(F)C5)cc4)ccc3C2=O)ccc1O. The summed E-state index contributed by atoms with van der Waals surface area (Å²) in [7, 11) is -3.60. The van der Waals surface area contributed by atoms with Gasteiger partial charge < -0.3 is 14.9 Å². The molecule has 0 radical (unpaired) electrons. The van der Waals surface area contributed by atoms with Crippen molar-refractivity contribution in [3.63, 3.8) is 0 Å². The summed E-state index contributed by atoms with van der Waals surface area (Å²) >= 11 is 0. The smallest absolute Gasteiger partial charge is 0.258 e. The summed E-state index contributed by atoms with van der Waals surface area (Å²) in [5.41, 5.74) is 4.23. The minimum atomic E-state index is -3.60. The molecule has 5 rings (SSSR count). The van der Waals surface area contributed by atoms with Crippen molar-refractivity contribution >= 4 is 33.2 Å². The lowest BCUT2D eigenvalue weighted by molar-refractivity contribution is 0.0782. The summed E-state index contributed by atoms with van der Waals surface area (Å²) in [5.74, 6) is -0.628. The molecule has 2 aliphatic heterocycles. The van der Waals surface area contributed by atoms with Crippen molar-refractivity contribution in [1.82, 2.24) is 4.90 Å². The number of alkyl halides is 1. The van der Waals surface area contributed by atoms with E-state index in [2.05, 4.69) is 4.72 Å². The Morgan fingerprint density at radius 2 is 1.76 bits per heavy atom. The molecule has 10 heteroatoms. The van der Waals surface area contributed by atoms with E-state index in [-0.39, 0.29) is 29.8 Å². The number of sulfonamides is 1. The Hall–Kier alpha value is -3.92. The molecule has 0 saturated carbocycles. The number of phenols is 1. The predicted molar refractivity (Wildman–Crippen MR) is 139 cm³/mol. The van der Waals surface area contributed by atoms with E-state index in [4.69, 9.17) is 0 Å². The number of nitrogens with one attached hydrogen (secondary N) is 1. The zero-order chi connectivity index (χ0) is 26.3. The third kappa shape index (κ3) is 5.15. The summed E-state index contributed by atoms with van der Waals surface area (Å²) in [6.07, 6.45) is 0.984. The molecule has 0 aliphatic carbocycles. The van der Waals surface area contributed by atoms with Gasteiger partial charge in [-0.2, -0.15) is 0 Å². The summed E-state index contributed by atoms with van der Waals surface area (Å²) in [6.45, 7) is 0.949. The highest BCUT2D eigenvalue weighted by atomic mass is 32.2. The molecule has 2 N–H and O–H groups in total. The van der Waals surface area contributed by atoms with Crippen LogP contribution in [0.4, 0.5) is 15.8 Å². The molecule has 37 heavy (non-hydrogen) atoms. The first-order chi connectivity index (χ1) is 17.6. The van der Waals surface area contributed by atoms with Crippen molar-refractivity contribution in [2.24, 2.45) is 0 Å². The molecule has 1 atom stereocenters. The number of phenolic OH excluding ortho intramolecular Hbond substituents is 1. The first kappa shape index (κ1) is 24.8. The van der Waals surface area contributed by atoms with Gasteiger partial charge >= 0.3 is 0 Å². The average Bonchev–Trinajstić information content (AvgIpc) is 3.30. The first-order valence-corrected chi connectivity index (χ1v) is 13.8. The van der Waals surface area contributed by atoms with Gasteiger partial charge in [0.05, 0.1) is 18.5 Å². The van der Waals surface area contributed by atoms with Crippen molar-refractivity contribution in [1.29, 1.82) is 0 Å². The molecule has 0 spiro atoms. The van der Waals surface area contributed by atoms with E-state index in [9.17, 15) is 27.5 Å². The molecule has 1 fully saturated rings. The van der Waals surface area contributed by atoms with Crippen LogP contribution in [0.1, 0.15) is 32.7 Å². The summed E-state index contributed by atoms with van der Waals surface area (Å²) in [6, 6.07) is 17.1. The van der Waals surface area contributed by atoms with E-state index in [0.717, 1.165) is 22.9 Å². The number of aromatic hydroxyl groups is 1. The van der Waals surface area contributed by atoms with Crippen LogP contribution in [0.5, 0.6) is 5.75 Å². The van der Waals surface area contributed by atoms with Crippen LogP contribution >= 0.6 is 0 Å². The Bertz CT molecular complexity index is 1490. The van der Waals surface area contributed by atoms with Gasteiger partial charge in [-0.3, -0.25) is 14.3 Å². The lowest BCUT2D eigenvalue weighted by Crippen LogP contribution is -2.37. The third-order valence-corrected chi connectivity index (χ3v) is 7.25. The number of nitrogens with zero attached hydrogens (tertiary/aromatic N) is 2. The van der Waals surface area contributed by atoms with Crippen LogP contribution in [0.3, 0.4) is 0 Å². The van der Waals surface area contributed by atoms with E-state index in [0.29, 0.717) is 42.7 Å². The lowest BCUT2D eigenvalue weighted by Gasteiger charge is -2.29. The molecule has 1 unspecified atom stereocenters. The summed E-state index contributed by atoms with van der Waals surface area (Å²) < 4.78 is 38.9. The van der Waals surface area contributed by atoms with E-state index >= 15 is 0 Å². The first-order valence-electron chi connectivity index (χ1n) is 11.9. The molecule has 0 bridgehead atoms. The van der Waals surface area contributed by atoms with Crippen molar-refractivity contribution in [3.8, 4) is 16.9 Å². The number of carbonyl (C=O) groups excluding carboxylic acids is 2. The fourth-order valence-corrected chi connectivity index (χ4v) is 5.34. The number of hydrogen-bond acceptors (Lipinski definition) is 5. The largest absolute Gasteiger partial charge is 0.506 e. The molecule has 2 amide bonds. The number of anilines is 2. The van der Waals surface area contributed by atoms with Gasteiger partial charge in [-0.05, 0) is 65.9 Å². The maximum Gasteiger partial charge on any atom is 0.258 e. The fraction of sp³-hybridized carbons (Fsp3) is 0.259. The van der Waals surface area contributed by atoms with Crippen LogP contribution in [0.25, 0.3) is 11.1 Å². The number of fused-ring (bicyclic) bond motifs is 1. The second kappa shape index (κ2) is 9.51. The molecule has 1 saturated heterocycles. The second-order valence-electron chi connectivity index (χ2n) is 9.37. The fourth-order valence-electron chi connectivity index (χ4n) is 4.78. The van der Waals surface area contributed by atoms with Gasteiger partial charge in [0.25, 0.3) is 11.8 Å². The predicted octanol–water partition coefficient (Wildman–Crippen LogP) is 3.82. The Balaban J connectivity index is 1.35. The van der Waals surface area contributed by atoms with E-state index < -0.39 is 16.2 Å². The van der Waals surface area contributed by atoms with Gasteiger partial charge in [0.1, 0.15) is 11.9 Å². The van der Waals surface area contributed by atoms with Gasteiger partial charge in [-0.25, -0.2) is 12.8 Å². The van der Waals surface area contributed by atoms with E-state index in [1.165, 1.54) is 17.0 Å². The monoisotopic (exact) mass is 523 g/mol. The van der Waals surface area contributed by atoms with Gasteiger partial charge in [-0.15, -0.1) is 0 Å². The Kier molecular flexibility index (Phi) is 6.36. The highest BCUT2D eigenvalue weighted by Crippen LogP contribution is 2.33. The second-order valence-corrected chi connectivity index (χ2v) is 11.1. The average molecular weight is 524 g/mol. The Morgan fingerprint density at radius 3 is 2.43 bits per heavy atom. The van der Waals surface area contributed by atoms with Gasteiger partial charge in [0, 0.05) is 29.9 Å². The van der Waals surface area contributed by atoms with Crippen molar-refractivity contribution in [3.05, 3.63) is 77.4 Å². The number of benzene rings is 3. The summed E-state index contributed by atoms with van der Waals surface area (Å²) in [5, 5.41) is 10.0. The zero-order valence-electron chi connectivity index (χ0n) is 20.1. The molecule has 3 aromatic rings. The standard InChI is InChI=1S/C27H26FN3O5S/c1-37(35,36)29-24-15-22(7-9-25(24)32)31-13-10-20-14-19(6-8-23(20)27(31)34)17-2-4-18(5-3-17)26(33)30-12-11-21(28)16-30/h2-9,14-15,21,29,32H,10-13,16H2,1H3. The Morgan fingerprint density at radius 1 is 1.03 bits per heavy atom. The maximum atomic E-state index is 13.5. The van der Waals surface area contributed by atoms with Crippen LogP contribution in [-0.4, -0.2) is 62.3 Å². The number of rotatable bonds is 5. The van der Waals surface area contributed by atoms with Crippen molar-refractivity contribution in [2.45, 2.75) is 19.0 Å². The minimum Gasteiger partial charge on any atom is -0.506 e. The lowest BCUT2D eigenvalue weighted by atomic mass is 9.93. The van der Waals surface area contributed by atoms with Crippen LogP contribution in [-0.2, 0) is 16.4 Å². The summed E-state index contributed by atoms with van der Waals surface area (Å²) in [4.78, 5) is 28.9. The number of hydrogen-bond donors (Lipinski definition) is 2. The molecule has 192 valence electrons. The third-order valence-electron chi connectivity index (χ3n) is 6.66.